The Morgan fingerprint density at radius 1 is 0.750 bits per heavy atom. The fourth-order valence-electron chi connectivity index (χ4n) is 1.42. The van der Waals surface area contributed by atoms with Crippen molar-refractivity contribution < 1.29 is 19.8 Å². The molecule has 0 unspecified atom stereocenters. The lowest BCUT2D eigenvalue weighted by atomic mass is 10.1. The Balaban J connectivity index is 0.000000200. The third-order valence-corrected chi connectivity index (χ3v) is 2.53. The molecule has 2 N–H and O–H groups in total. The Labute approximate surface area is 117 Å². The molecule has 2 aromatic rings. The van der Waals surface area contributed by atoms with E-state index in [1.54, 1.807) is 24.3 Å². The Kier molecular flexibility index (Phi) is 5.47. The van der Waals surface area contributed by atoms with Gasteiger partial charge >= 0.3 is 0 Å². The van der Waals surface area contributed by atoms with Gasteiger partial charge in [-0.3, -0.25) is 9.59 Å². The van der Waals surface area contributed by atoms with Crippen molar-refractivity contribution in [3.05, 3.63) is 59.7 Å². The number of carbonyl (C=O) groups excluding carboxylic acids is 2. The Hall–Kier alpha value is -2.62. The molecule has 0 atom stereocenters. The Morgan fingerprint density at radius 2 is 1.30 bits per heavy atom. The van der Waals surface area contributed by atoms with Crippen molar-refractivity contribution in [1.82, 2.24) is 0 Å². The number of phenolic OH excluding ortho intramolecular Hbond substituents is 2. The van der Waals surface area contributed by atoms with Gasteiger partial charge in [-0.25, -0.2) is 0 Å². The van der Waals surface area contributed by atoms with Gasteiger partial charge < -0.3 is 10.2 Å². The smallest absolute Gasteiger partial charge is 0.159 e. The first-order valence-electron chi connectivity index (χ1n) is 6.00. The molecule has 4 heteroatoms. The zero-order chi connectivity index (χ0) is 15.1. The number of Topliss-reactive ketones (excluding diaryl/α,β-unsaturated/α-hetero) is 2. The molecule has 0 radical (unpaired) electrons. The van der Waals surface area contributed by atoms with Gasteiger partial charge in [0.15, 0.2) is 11.6 Å². The second-order valence-electron chi connectivity index (χ2n) is 4.21. The van der Waals surface area contributed by atoms with E-state index in [1.807, 2.05) is 0 Å². The third-order valence-electron chi connectivity index (χ3n) is 2.53. The van der Waals surface area contributed by atoms with Crippen molar-refractivity contribution in [1.29, 1.82) is 0 Å². The van der Waals surface area contributed by atoms with Crippen molar-refractivity contribution in [2.45, 2.75) is 13.8 Å². The summed E-state index contributed by atoms with van der Waals surface area (Å²) < 4.78 is 0. The molecule has 104 valence electrons. The molecule has 0 aliphatic rings. The van der Waals surface area contributed by atoms with E-state index in [1.165, 1.54) is 38.1 Å². The van der Waals surface area contributed by atoms with Crippen LogP contribution in [0.3, 0.4) is 0 Å². The molecule has 0 aromatic heterocycles. The third kappa shape index (κ3) is 4.94. The van der Waals surface area contributed by atoms with Gasteiger partial charge in [0, 0.05) is 11.1 Å². The lowest BCUT2D eigenvalue weighted by Crippen LogP contribution is -1.89. The van der Waals surface area contributed by atoms with Crippen molar-refractivity contribution in [3.8, 4) is 11.5 Å². The maximum Gasteiger partial charge on any atom is 0.159 e. The van der Waals surface area contributed by atoms with Gasteiger partial charge in [-0.2, -0.15) is 0 Å². The van der Waals surface area contributed by atoms with Crippen LogP contribution in [0.15, 0.2) is 48.5 Å². The molecule has 4 nitrogen and oxygen atoms in total. The number of ketones is 2. The van der Waals surface area contributed by atoms with Gasteiger partial charge in [0.2, 0.25) is 0 Å². The van der Waals surface area contributed by atoms with E-state index < -0.39 is 0 Å². The second kappa shape index (κ2) is 7.09. The summed E-state index contributed by atoms with van der Waals surface area (Å²) in [6.07, 6.45) is 0. The van der Waals surface area contributed by atoms with Crippen molar-refractivity contribution >= 4 is 11.6 Å². The number of hydrogen-bond donors (Lipinski definition) is 2. The molecule has 0 aliphatic heterocycles. The molecule has 20 heavy (non-hydrogen) atoms. The minimum atomic E-state index is -0.0316. The molecular weight excluding hydrogens is 256 g/mol. The average molecular weight is 272 g/mol. The molecule has 0 spiro atoms. The summed E-state index contributed by atoms with van der Waals surface area (Å²) in [5.41, 5.74) is 1.16. The van der Waals surface area contributed by atoms with Gasteiger partial charge in [0.1, 0.15) is 11.5 Å². The number of carbonyl (C=O) groups is 2. The second-order valence-corrected chi connectivity index (χ2v) is 4.21. The molecule has 0 aliphatic carbocycles. The van der Waals surface area contributed by atoms with Crippen LogP contribution >= 0.6 is 0 Å². The lowest BCUT2D eigenvalue weighted by Gasteiger charge is -1.93. The van der Waals surface area contributed by atoms with Crippen LogP contribution in [-0.2, 0) is 0 Å². The van der Waals surface area contributed by atoms with Crippen LogP contribution in [0.2, 0.25) is 0 Å². The van der Waals surface area contributed by atoms with Crippen molar-refractivity contribution in [2.75, 3.05) is 0 Å². The minimum absolute atomic E-state index is 0.0139. The van der Waals surface area contributed by atoms with Gasteiger partial charge in [-0.05, 0) is 50.2 Å². The predicted molar refractivity (Wildman–Crippen MR) is 76.2 cm³/mol. The van der Waals surface area contributed by atoms with Gasteiger partial charge in [-0.1, -0.05) is 12.1 Å². The summed E-state index contributed by atoms with van der Waals surface area (Å²) in [7, 11) is 0. The van der Waals surface area contributed by atoms with Crippen LogP contribution in [0.5, 0.6) is 11.5 Å². The van der Waals surface area contributed by atoms with Crippen molar-refractivity contribution in [2.24, 2.45) is 0 Å². The zero-order valence-electron chi connectivity index (χ0n) is 11.3. The topological polar surface area (TPSA) is 74.6 Å². The highest BCUT2D eigenvalue weighted by atomic mass is 16.3. The fraction of sp³-hybridized carbons (Fsp3) is 0.125. The first kappa shape index (κ1) is 15.4. The summed E-state index contributed by atoms with van der Waals surface area (Å²) in [6.45, 7) is 2.96. The summed E-state index contributed by atoms with van der Waals surface area (Å²) in [4.78, 5) is 21.4. The molecule has 0 bridgehead atoms. The van der Waals surface area contributed by atoms with Crippen LogP contribution in [0, 0.1) is 0 Å². The number of aromatic hydroxyl groups is 2. The normalized spacial score (nSPS) is 9.30. The molecule has 0 fully saturated rings. The number of hydrogen-bond acceptors (Lipinski definition) is 4. The standard InChI is InChI=1S/2C8H8O2/c1-6(9)7-2-4-8(10)5-3-7;1-6(9)7-3-2-4-8(10)5-7/h2*2-5,10H,1H3. The number of rotatable bonds is 2. The summed E-state index contributed by atoms with van der Waals surface area (Å²) in [5, 5.41) is 17.7. The maximum absolute atomic E-state index is 10.7. The number of phenols is 2. The SMILES string of the molecule is CC(=O)c1ccc(O)cc1.CC(=O)c1cccc(O)c1. The van der Waals surface area contributed by atoms with Crippen LogP contribution in [0.4, 0.5) is 0 Å². The maximum atomic E-state index is 10.7. The molecule has 0 heterocycles. The van der Waals surface area contributed by atoms with Gasteiger partial charge in [0.25, 0.3) is 0 Å². The molecular formula is C16H16O4. The Bertz CT molecular complexity index is 600. The van der Waals surface area contributed by atoms with E-state index in [0.717, 1.165) is 0 Å². The first-order chi connectivity index (χ1) is 9.40. The van der Waals surface area contributed by atoms with Crippen molar-refractivity contribution in [3.63, 3.8) is 0 Å². The molecule has 2 aromatic carbocycles. The first-order valence-corrected chi connectivity index (χ1v) is 6.00. The number of benzene rings is 2. The largest absolute Gasteiger partial charge is 0.508 e. The van der Waals surface area contributed by atoms with E-state index >= 15 is 0 Å². The zero-order valence-corrected chi connectivity index (χ0v) is 11.3. The predicted octanol–water partition coefficient (Wildman–Crippen LogP) is 3.19. The van der Waals surface area contributed by atoms with E-state index in [0.29, 0.717) is 11.1 Å². The molecule has 0 amide bonds. The van der Waals surface area contributed by atoms with E-state index in [2.05, 4.69) is 0 Å². The molecule has 0 saturated carbocycles. The van der Waals surface area contributed by atoms with Gasteiger partial charge in [-0.15, -0.1) is 0 Å². The van der Waals surface area contributed by atoms with E-state index in [9.17, 15) is 9.59 Å². The van der Waals surface area contributed by atoms with Crippen LogP contribution in [0.1, 0.15) is 34.6 Å². The molecule has 0 saturated heterocycles. The highest BCUT2D eigenvalue weighted by Gasteiger charge is 1.97. The van der Waals surface area contributed by atoms with Crippen LogP contribution < -0.4 is 0 Å². The lowest BCUT2D eigenvalue weighted by molar-refractivity contribution is 0.100. The monoisotopic (exact) mass is 272 g/mol. The highest BCUT2D eigenvalue weighted by molar-refractivity contribution is 5.94. The van der Waals surface area contributed by atoms with Gasteiger partial charge in [0.05, 0.1) is 0 Å². The fourth-order valence-corrected chi connectivity index (χ4v) is 1.42. The summed E-state index contributed by atoms with van der Waals surface area (Å²) in [5.74, 6) is 0.300. The Morgan fingerprint density at radius 3 is 1.70 bits per heavy atom. The van der Waals surface area contributed by atoms with E-state index in [-0.39, 0.29) is 23.1 Å². The quantitative estimate of drug-likeness (QED) is 0.823. The highest BCUT2D eigenvalue weighted by Crippen LogP contribution is 2.10. The van der Waals surface area contributed by atoms with Crippen LogP contribution in [-0.4, -0.2) is 21.8 Å². The minimum Gasteiger partial charge on any atom is -0.508 e. The van der Waals surface area contributed by atoms with Crippen LogP contribution in [0.25, 0.3) is 0 Å². The average Bonchev–Trinajstić information content (AvgIpc) is 2.40. The van der Waals surface area contributed by atoms with E-state index in [4.69, 9.17) is 10.2 Å². The summed E-state index contributed by atoms with van der Waals surface area (Å²) in [6, 6.07) is 12.5. The molecule has 2 rings (SSSR count). The summed E-state index contributed by atoms with van der Waals surface area (Å²) >= 11 is 0.